The van der Waals surface area contributed by atoms with Crippen molar-refractivity contribution in [3.63, 3.8) is 0 Å². The molecular weight excluding hydrogens is 302 g/mol. The first kappa shape index (κ1) is 16.0. The fourth-order valence-electron chi connectivity index (χ4n) is 2.95. The fraction of sp³-hybridized carbons (Fsp3) is 0.263. The number of hydrogen-bond donors (Lipinski definition) is 2. The Morgan fingerprint density at radius 1 is 1.21 bits per heavy atom. The number of rotatable bonds is 5. The fourth-order valence-corrected chi connectivity index (χ4v) is 2.95. The number of likely N-dealkylation sites (tertiary alicyclic amines) is 1. The topological polar surface area (TPSA) is 76.4 Å². The molecule has 0 aromatic heterocycles. The van der Waals surface area contributed by atoms with Gasteiger partial charge in [-0.1, -0.05) is 24.3 Å². The van der Waals surface area contributed by atoms with Gasteiger partial charge in [0.2, 0.25) is 5.91 Å². The monoisotopic (exact) mass is 321 g/mol. The Labute approximate surface area is 141 Å². The molecule has 0 spiro atoms. The number of aromatic hydroxyl groups is 1. The lowest BCUT2D eigenvalue weighted by molar-refractivity contribution is -0.129. The second-order valence-electron chi connectivity index (χ2n) is 5.96. The molecule has 2 N–H and O–H groups in total. The number of amides is 1. The van der Waals surface area contributed by atoms with Crippen molar-refractivity contribution in [2.75, 3.05) is 6.54 Å². The van der Waals surface area contributed by atoms with Gasteiger partial charge in [0.05, 0.1) is 17.7 Å². The summed E-state index contributed by atoms with van der Waals surface area (Å²) in [5.74, 6) is 0.309. The molecule has 5 heteroatoms. The van der Waals surface area contributed by atoms with Gasteiger partial charge in [-0.15, -0.1) is 0 Å². The zero-order valence-corrected chi connectivity index (χ0v) is 13.3. The summed E-state index contributed by atoms with van der Waals surface area (Å²) < 4.78 is 0. The van der Waals surface area contributed by atoms with E-state index in [1.165, 1.54) is 0 Å². The Hall–Kier alpha value is -2.84. The van der Waals surface area contributed by atoms with Gasteiger partial charge in [0.1, 0.15) is 5.75 Å². The van der Waals surface area contributed by atoms with E-state index in [0.717, 1.165) is 17.5 Å². The summed E-state index contributed by atoms with van der Waals surface area (Å²) in [6, 6.07) is 16.3. The van der Waals surface area contributed by atoms with Crippen molar-refractivity contribution >= 4 is 5.91 Å². The molecule has 0 radical (unpaired) electrons. The number of benzene rings is 2. The minimum Gasteiger partial charge on any atom is -0.508 e. The van der Waals surface area contributed by atoms with E-state index < -0.39 is 0 Å². The summed E-state index contributed by atoms with van der Waals surface area (Å²) in [4.78, 5) is 14.3. The average molecular weight is 321 g/mol. The molecular formula is C19H19N3O2. The molecule has 1 aliphatic heterocycles. The number of nitrogens with zero attached hydrogens (tertiary/aromatic N) is 2. The highest BCUT2D eigenvalue weighted by molar-refractivity contribution is 5.84. The van der Waals surface area contributed by atoms with E-state index in [1.807, 2.05) is 29.2 Å². The smallest absolute Gasteiger partial charge is 0.240 e. The minimum atomic E-state index is -0.202. The normalized spacial score (nSPS) is 17.0. The van der Waals surface area contributed by atoms with Crippen molar-refractivity contribution in [1.82, 2.24) is 10.2 Å². The number of nitriles is 1. The zero-order chi connectivity index (χ0) is 16.9. The highest BCUT2D eigenvalue weighted by atomic mass is 16.3. The minimum absolute atomic E-state index is 0.0810. The first-order chi connectivity index (χ1) is 11.7. The highest BCUT2D eigenvalue weighted by Gasteiger charge is 2.30. The van der Waals surface area contributed by atoms with Crippen LogP contribution in [0.25, 0.3) is 0 Å². The van der Waals surface area contributed by atoms with Crippen LogP contribution in [0.4, 0.5) is 0 Å². The summed E-state index contributed by atoms with van der Waals surface area (Å²) >= 11 is 0. The number of nitrogens with one attached hydrogen (secondary N) is 1. The molecule has 2 aromatic carbocycles. The SMILES string of the molecule is N#Cc1cccc(CN2CC[C@H](NCc3cccc(O)c3)C2=O)c1. The van der Waals surface area contributed by atoms with Crippen LogP contribution >= 0.6 is 0 Å². The first-order valence-electron chi connectivity index (χ1n) is 7.95. The van der Waals surface area contributed by atoms with E-state index in [1.54, 1.807) is 24.3 Å². The molecule has 5 nitrogen and oxygen atoms in total. The molecule has 2 aromatic rings. The Morgan fingerprint density at radius 3 is 2.79 bits per heavy atom. The van der Waals surface area contributed by atoms with Gasteiger partial charge in [-0.25, -0.2) is 0 Å². The lowest BCUT2D eigenvalue weighted by atomic mass is 10.1. The number of phenols is 1. The molecule has 24 heavy (non-hydrogen) atoms. The molecule has 122 valence electrons. The molecule has 3 rings (SSSR count). The zero-order valence-electron chi connectivity index (χ0n) is 13.3. The summed E-state index contributed by atoms with van der Waals surface area (Å²) in [5.41, 5.74) is 2.52. The second-order valence-corrected chi connectivity index (χ2v) is 5.96. The van der Waals surface area contributed by atoms with E-state index in [4.69, 9.17) is 5.26 Å². The standard InChI is InChI=1S/C19H19N3O2/c20-11-14-3-1-5-16(9-14)13-22-8-7-18(19(22)24)21-12-15-4-2-6-17(23)10-15/h1-6,9-10,18,21,23H,7-8,12-13H2/t18-/m0/s1. The van der Waals surface area contributed by atoms with Crippen molar-refractivity contribution in [2.24, 2.45) is 0 Å². The quantitative estimate of drug-likeness (QED) is 0.885. The Morgan fingerprint density at radius 2 is 2.00 bits per heavy atom. The van der Waals surface area contributed by atoms with Crippen molar-refractivity contribution < 1.29 is 9.90 Å². The maximum absolute atomic E-state index is 12.5. The molecule has 1 heterocycles. The van der Waals surface area contributed by atoms with Crippen LogP contribution in [-0.4, -0.2) is 28.5 Å². The predicted octanol–water partition coefficient (Wildman–Crippen LogP) is 2.15. The van der Waals surface area contributed by atoms with Crippen molar-refractivity contribution in [2.45, 2.75) is 25.6 Å². The predicted molar refractivity (Wildman–Crippen MR) is 89.9 cm³/mol. The third-order valence-electron chi connectivity index (χ3n) is 4.19. The van der Waals surface area contributed by atoms with Crippen LogP contribution in [0.2, 0.25) is 0 Å². The number of hydrogen-bond acceptors (Lipinski definition) is 4. The van der Waals surface area contributed by atoms with E-state index >= 15 is 0 Å². The van der Waals surface area contributed by atoms with Crippen LogP contribution in [0.1, 0.15) is 23.1 Å². The molecule has 1 atom stereocenters. The van der Waals surface area contributed by atoms with Gasteiger partial charge in [0, 0.05) is 19.6 Å². The maximum Gasteiger partial charge on any atom is 0.240 e. The van der Waals surface area contributed by atoms with Crippen molar-refractivity contribution in [3.05, 3.63) is 65.2 Å². The second kappa shape index (κ2) is 7.16. The molecule has 1 aliphatic rings. The third kappa shape index (κ3) is 3.73. The number of phenolic OH excluding ortho intramolecular Hbond substituents is 1. The van der Waals surface area contributed by atoms with Gasteiger partial charge in [-0.2, -0.15) is 5.26 Å². The summed E-state index contributed by atoms with van der Waals surface area (Å²) in [7, 11) is 0. The van der Waals surface area contributed by atoms with Gasteiger partial charge >= 0.3 is 0 Å². The van der Waals surface area contributed by atoms with Crippen LogP contribution in [0, 0.1) is 11.3 Å². The molecule has 1 fully saturated rings. The largest absolute Gasteiger partial charge is 0.508 e. The molecule has 1 saturated heterocycles. The van der Waals surface area contributed by atoms with Gasteiger partial charge in [0.25, 0.3) is 0 Å². The van der Waals surface area contributed by atoms with E-state index in [9.17, 15) is 9.90 Å². The molecule has 0 aliphatic carbocycles. The van der Waals surface area contributed by atoms with Gasteiger partial charge in [0.15, 0.2) is 0 Å². The Bertz CT molecular complexity index is 782. The van der Waals surface area contributed by atoms with Crippen LogP contribution < -0.4 is 5.32 Å². The van der Waals surface area contributed by atoms with Gasteiger partial charge in [-0.05, 0) is 41.8 Å². The molecule has 0 unspecified atom stereocenters. The summed E-state index contributed by atoms with van der Waals surface area (Å²) in [6.07, 6.45) is 0.760. The van der Waals surface area contributed by atoms with Crippen molar-refractivity contribution in [3.8, 4) is 11.8 Å². The van der Waals surface area contributed by atoms with Crippen LogP contribution in [0.5, 0.6) is 5.75 Å². The van der Waals surface area contributed by atoms with Crippen LogP contribution in [0.15, 0.2) is 48.5 Å². The summed E-state index contributed by atoms with van der Waals surface area (Å²) in [6.45, 7) is 1.77. The summed E-state index contributed by atoms with van der Waals surface area (Å²) in [5, 5.41) is 21.7. The van der Waals surface area contributed by atoms with Crippen LogP contribution in [0.3, 0.4) is 0 Å². The first-order valence-corrected chi connectivity index (χ1v) is 7.95. The van der Waals surface area contributed by atoms with E-state index in [2.05, 4.69) is 11.4 Å². The Kier molecular flexibility index (Phi) is 4.78. The average Bonchev–Trinajstić information content (AvgIpc) is 2.93. The van der Waals surface area contributed by atoms with Gasteiger partial charge < -0.3 is 15.3 Å². The molecule has 0 saturated carbocycles. The maximum atomic E-state index is 12.5. The van der Waals surface area contributed by atoms with Crippen LogP contribution in [-0.2, 0) is 17.9 Å². The lowest BCUT2D eigenvalue weighted by Crippen LogP contribution is -2.37. The number of carbonyl (C=O) groups is 1. The van der Waals surface area contributed by atoms with Gasteiger partial charge in [-0.3, -0.25) is 4.79 Å². The number of carbonyl (C=O) groups excluding carboxylic acids is 1. The molecule has 0 bridgehead atoms. The van der Waals surface area contributed by atoms with E-state index in [0.29, 0.717) is 25.2 Å². The van der Waals surface area contributed by atoms with Crippen molar-refractivity contribution in [1.29, 1.82) is 5.26 Å². The lowest BCUT2D eigenvalue weighted by Gasteiger charge is -2.17. The van der Waals surface area contributed by atoms with E-state index in [-0.39, 0.29) is 17.7 Å². The molecule has 1 amide bonds. The third-order valence-corrected chi connectivity index (χ3v) is 4.19. The Balaban J connectivity index is 1.57. The highest BCUT2D eigenvalue weighted by Crippen LogP contribution is 2.17.